The van der Waals surface area contributed by atoms with Crippen LogP contribution in [0.15, 0.2) is 24.3 Å². The Hall–Kier alpha value is -4.98. The zero-order valence-electron chi connectivity index (χ0n) is 36.1. The maximum atomic E-state index is 12.5. The SMILES string of the molecule is CCCNc1ccc(C(=O)NCCNC(=O)COCCOCCNC(=O)CCC(NC(=O)CCC(NCCOCCOCCNC(=O)CCCS(=O)(=O)NC)C(=O)O)C(=O)O)cc1. The summed E-state index contributed by atoms with van der Waals surface area (Å²) < 4.78 is 46.2. The third-order valence-corrected chi connectivity index (χ3v) is 10.0. The second kappa shape index (κ2) is 34.5. The first-order valence-electron chi connectivity index (χ1n) is 20.8. The highest BCUT2D eigenvalue weighted by Crippen LogP contribution is 2.09. The number of amides is 5. The quantitative estimate of drug-likeness (QED) is 0.0324. The molecule has 24 heteroatoms. The van der Waals surface area contributed by atoms with Gasteiger partial charge in [-0.05, 0) is 57.0 Å². The molecule has 0 aliphatic rings. The molecule has 23 nitrogen and oxygen atoms in total. The Bertz CT molecular complexity index is 1640. The van der Waals surface area contributed by atoms with E-state index in [0.717, 1.165) is 18.7 Å². The second-order valence-corrected chi connectivity index (χ2v) is 15.8. The van der Waals surface area contributed by atoms with Crippen molar-refractivity contribution >= 4 is 57.2 Å². The van der Waals surface area contributed by atoms with Gasteiger partial charge in [-0.2, -0.15) is 0 Å². The highest BCUT2D eigenvalue weighted by molar-refractivity contribution is 7.89. The summed E-state index contributed by atoms with van der Waals surface area (Å²) in [5, 5.41) is 37.9. The van der Waals surface area contributed by atoms with Crippen LogP contribution in [-0.2, 0) is 57.7 Å². The zero-order chi connectivity index (χ0) is 46.7. The molecule has 0 saturated carbocycles. The number of hydrogen-bond acceptors (Lipinski definition) is 15. The van der Waals surface area contributed by atoms with E-state index in [4.69, 9.17) is 18.9 Å². The molecule has 0 spiro atoms. The van der Waals surface area contributed by atoms with Gasteiger partial charge in [-0.1, -0.05) is 6.92 Å². The van der Waals surface area contributed by atoms with Crippen LogP contribution in [-0.4, -0.2) is 177 Å². The molecule has 2 unspecified atom stereocenters. The summed E-state index contributed by atoms with van der Waals surface area (Å²) in [6, 6.07) is 4.62. The number of ether oxygens (including phenoxy) is 4. The van der Waals surface area contributed by atoms with Crippen molar-refractivity contribution in [2.45, 2.75) is 64.0 Å². The molecule has 1 rings (SSSR count). The number of aliphatic carboxylic acids is 2. The van der Waals surface area contributed by atoms with Gasteiger partial charge in [0.1, 0.15) is 18.7 Å². The van der Waals surface area contributed by atoms with Crippen molar-refractivity contribution in [1.82, 2.24) is 36.6 Å². The number of benzene rings is 1. The summed E-state index contributed by atoms with van der Waals surface area (Å²) in [4.78, 5) is 84.0. The summed E-state index contributed by atoms with van der Waals surface area (Å²) in [6.07, 6.45) is 0.397. The lowest BCUT2D eigenvalue weighted by molar-refractivity contribution is -0.143. The minimum atomic E-state index is -3.36. The molecule has 2 atom stereocenters. The van der Waals surface area contributed by atoms with Gasteiger partial charge in [0.05, 0.1) is 52.0 Å². The molecule has 63 heavy (non-hydrogen) atoms. The predicted molar refractivity (Wildman–Crippen MR) is 229 cm³/mol. The Morgan fingerprint density at radius 3 is 1.71 bits per heavy atom. The van der Waals surface area contributed by atoms with Crippen LogP contribution < -0.4 is 41.9 Å². The molecular formula is C39H66N8O15S. The van der Waals surface area contributed by atoms with Gasteiger partial charge in [-0.15, -0.1) is 0 Å². The van der Waals surface area contributed by atoms with Crippen LogP contribution in [0.2, 0.25) is 0 Å². The number of hydrogen-bond donors (Lipinski definition) is 10. The van der Waals surface area contributed by atoms with E-state index in [-0.39, 0.29) is 148 Å². The van der Waals surface area contributed by atoms with Crippen molar-refractivity contribution in [2.24, 2.45) is 0 Å². The zero-order valence-corrected chi connectivity index (χ0v) is 36.9. The highest BCUT2D eigenvalue weighted by Gasteiger charge is 2.23. The molecule has 0 fully saturated rings. The number of carboxylic acid groups (broad SMARTS) is 2. The maximum Gasteiger partial charge on any atom is 0.326 e. The lowest BCUT2D eigenvalue weighted by atomic mass is 10.1. The van der Waals surface area contributed by atoms with Crippen molar-refractivity contribution in [3.63, 3.8) is 0 Å². The fraction of sp³-hybridized carbons (Fsp3) is 0.667. The van der Waals surface area contributed by atoms with Crippen LogP contribution in [0.1, 0.15) is 62.2 Å². The largest absolute Gasteiger partial charge is 0.480 e. The van der Waals surface area contributed by atoms with E-state index in [1.54, 1.807) is 12.1 Å². The van der Waals surface area contributed by atoms with Gasteiger partial charge in [-0.3, -0.25) is 28.8 Å². The monoisotopic (exact) mass is 918 g/mol. The molecule has 0 aliphatic heterocycles. The van der Waals surface area contributed by atoms with E-state index in [2.05, 4.69) is 48.9 Å². The molecule has 0 heterocycles. The lowest BCUT2D eigenvalue weighted by Gasteiger charge is -2.17. The standard InChI is InChI=1S/C39H66N8O15S/c1-3-14-41-30-8-6-29(7-9-30)37(52)46-16-15-43-36(51)28-62-26-25-61-22-19-45-34(49)12-11-32(39(55)56)47-35(50)13-10-31(38(53)54)42-17-20-59-23-24-60-21-18-44-33(48)5-4-27-63(57,58)40-2/h6-9,31-32,40-42H,3-5,10-28H2,1-2H3,(H,43,51)(H,44,48)(H,45,49)(H,46,52)(H,47,50)(H,53,54)(H,55,56). The Morgan fingerprint density at radius 1 is 0.603 bits per heavy atom. The van der Waals surface area contributed by atoms with E-state index in [1.807, 2.05) is 12.1 Å². The minimum absolute atomic E-state index is 0.0648. The number of carbonyl (C=O) groups excluding carboxylic acids is 5. The Balaban J connectivity index is 2.10. The summed E-state index contributed by atoms with van der Waals surface area (Å²) in [5.74, 6) is -4.79. The molecule has 1 aromatic carbocycles. The van der Waals surface area contributed by atoms with Gasteiger partial charge in [0.2, 0.25) is 33.7 Å². The predicted octanol–water partition coefficient (Wildman–Crippen LogP) is -1.84. The Kier molecular flexibility index (Phi) is 30.7. The maximum absolute atomic E-state index is 12.5. The molecule has 358 valence electrons. The number of carbonyl (C=O) groups is 7. The average molecular weight is 919 g/mol. The minimum Gasteiger partial charge on any atom is -0.480 e. The topological polar surface area (TPSA) is 327 Å². The van der Waals surface area contributed by atoms with Crippen molar-refractivity contribution in [1.29, 1.82) is 0 Å². The summed E-state index contributed by atoms with van der Waals surface area (Å²) >= 11 is 0. The molecule has 0 saturated heterocycles. The van der Waals surface area contributed by atoms with Crippen LogP contribution in [0, 0.1) is 0 Å². The Morgan fingerprint density at radius 2 is 1.13 bits per heavy atom. The van der Waals surface area contributed by atoms with Crippen LogP contribution in [0.3, 0.4) is 0 Å². The molecule has 0 aromatic heterocycles. The molecular weight excluding hydrogens is 853 g/mol. The number of nitrogens with one attached hydrogen (secondary N) is 8. The third kappa shape index (κ3) is 29.9. The van der Waals surface area contributed by atoms with E-state index in [0.29, 0.717) is 5.56 Å². The van der Waals surface area contributed by atoms with Crippen molar-refractivity contribution in [3.05, 3.63) is 29.8 Å². The number of rotatable bonds is 39. The first kappa shape index (κ1) is 56.0. The van der Waals surface area contributed by atoms with Crippen molar-refractivity contribution < 1.29 is 71.1 Å². The smallest absolute Gasteiger partial charge is 0.326 e. The summed E-state index contributed by atoms with van der Waals surface area (Å²) in [7, 11) is -2.05. The first-order chi connectivity index (χ1) is 30.2. The van der Waals surface area contributed by atoms with E-state index in [9.17, 15) is 52.2 Å². The first-order valence-corrected chi connectivity index (χ1v) is 22.4. The normalized spacial score (nSPS) is 12.1. The van der Waals surface area contributed by atoms with Crippen molar-refractivity contribution in [3.8, 4) is 0 Å². The molecule has 10 N–H and O–H groups in total. The van der Waals surface area contributed by atoms with Gasteiger partial charge in [0.25, 0.3) is 5.91 Å². The van der Waals surface area contributed by atoms with Gasteiger partial charge < -0.3 is 66.4 Å². The Labute approximate surface area is 368 Å². The number of carboxylic acids is 2. The number of anilines is 1. The van der Waals surface area contributed by atoms with Crippen LogP contribution >= 0.6 is 0 Å². The van der Waals surface area contributed by atoms with Gasteiger partial charge >= 0.3 is 11.9 Å². The van der Waals surface area contributed by atoms with E-state index >= 15 is 0 Å². The molecule has 0 bridgehead atoms. The molecule has 1 aromatic rings. The highest BCUT2D eigenvalue weighted by atomic mass is 32.2. The summed E-state index contributed by atoms with van der Waals surface area (Å²) in [5.41, 5.74) is 1.44. The molecule has 0 aliphatic carbocycles. The second-order valence-electron chi connectivity index (χ2n) is 13.7. The van der Waals surface area contributed by atoms with Crippen molar-refractivity contribution in [2.75, 3.05) is 110 Å². The average Bonchev–Trinajstić information content (AvgIpc) is 3.25. The van der Waals surface area contributed by atoms with Crippen LogP contribution in [0.4, 0.5) is 5.69 Å². The fourth-order valence-corrected chi connectivity index (χ4v) is 5.89. The number of sulfonamides is 1. The van der Waals surface area contributed by atoms with E-state index < -0.39 is 45.9 Å². The summed E-state index contributed by atoms with van der Waals surface area (Å²) in [6.45, 7) is 4.77. The van der Waals surface area contributed by atoms with Crippen LogP contribution in [0.5, 0.6) is 0 Å². The third-order valence-electron chi connectivity index (χ3n) is 8.59. The fourth-order valence-electron chi connectivity index (χ4n) is 5.17. The molecule has 5 amide bonds. The van der Waals surface area contributed by atoms with Gasteiger partial charge in [0.15, 0.2) is 0 Å². The van der Waals surface area contributed by atoms with Crippen LogP contribution in [0.25, 0.3) is 0 Å². The molecule has 0 radical (unpaired) electrons. The lowest BCUT2D eigenvalue weighted by Crippen LogP contribution is -2.43. The van der Waals surface area contributed by atoms with E-state index in [1.165, 1.54) is 7.05 Å². The van der Waals surface area contributed by atoms with Gasteiger partial charge in [0, 0.05) is 69.8 Å². The van der Waals surface area contributed by atoms with Gasteiger partial charge in [-0.25, -0.2) is 17.9 Å².